The van der Waals surface area contributed by atoms with E-state index in [1.807, 2.05) is 18.2 Å². The number of rotatable bonds is 6. The molecule has 0 bridgehead atoms. The Bertz CT molecular complexity index is 1440. The number of aromatic nitrogens is 1. The molecular weight excluding hydrogens is 575 g/mol. The molecule has 2 aliphatic rings. The van der Waals surface area contributed by atoms with Gasteiger partial charge in [-0.3, -0.25) is 9.89 Å². The zero-order valence-corrected chi connectivity index (χ0v) is 22.6. The fourth-order valence-electron chi connectivity index (χ4n) is 4.75. The number of carbonyl (C=O) groups is 1. The summed E-state index contributed by atoms with van der Waals surface area (Å²) in [5.74, 6) is -2.81. The molecule has 202 valence electrons. The van der Waals surface area contributed by atoms with Crippen molar-refractivity contribution in [3.05, 3.63) is 105 Å². The van der Waals surface area contributed by atoms with Gasteiger partial charge in [0.05, 0.1) is 18.9 Å². The van der Waals surface area contributed by atoms with Crippen LogP contribution in [0, 0.1) is 17.5 Å². The van der Waals surface area contributed by atoms with Crippen molar-refractivity contribution in [2.75, 3.05) is 44.7 Å². The minimum atomic E-state index is -0.962. The number of anilines is 1. The van der Waals surface area contributed by atoms with E-state index in [9.17, 15) is 18.0 Å². The second-order valence-electron chi connectivity index (χ2n) is 9.14. The van der Waals surface area contributed by atoms with Gasteiger partial charge in [0.2, 0.25) is 0 Å². The second-order valence-corrected chi connectivity index (χ2v) is 9.99. The van der Waals surface area contributed by atoms with E-state index in [1.165, 1.54) is 25.3 Å². The summed E-state index contributed by atoms with van der Waals surface area (Å²) >= 11 is 3.37. The normalized spacial score (nSPS) is 18.0. The number of benzene rings is 2. The van der Waals surface area contributed by atoms with E-state index in [4.69, 9.17) is 4.74 Å². The number of carbonyl (C=O) groups excluding carboxylic acids is 1. The first kappa shape index (κ1) is 26.9. The Hall–Kier alpha value is -3.70. The molecule has 11 heteroatoms. The number of nitrogens with one attached hydrogen (secondary N) is 1. The van der Waals surface area contributed by atoms with Crippen molar-refractivity contribution >= 4 is 33.4 Å². The number of halogens is 4. The zero-order valence-electron chi connectivity index (χ0n) is 21.0. The fraction of sp³-hybridized carbons (Fsp3) is 0.250. The Morgan fingerprint density at radius 2 is 1.79 bits per heavy atom. The van der Waals surface area contributed by atoms with Crippen LogP contribution >= 0.6 is 15.9 Å². The minimum Gasteiger partial charge on any atom is -0.466 e. The van der Waals surface area contributed by atoms with Gasteiger partial charge in [-0.05, 0) is 29.8 Å². The number of esters is 1. The van der Waals surface area contributed by atoms with Crippen LogP contribution in [-0.4, -0.2) is 61.5 Å². The van der Waals surface area contributed by atoms with Gasteiger partial charge in [-0.15, -0.1) is 0 Å². The quantitative estimate of drug-likeness (QED) is 0.418. The van der Waals surface area contributed by atoms with E-state index >= 15 is 0 Å². The van der Waals surface area contributed by atoms with Gasteiger partial charge in [0.1, 0.15) is 23.4 Å². The maximum absolute atomic E-state index is 14.8. The molecule has 0 amide bonds. The molecule has 2 aromatic carbocycles. The lowest BCUT2D eigenvalue weighted by molar-refractivity contribution is -0.136. The molecule has 0 spiro atoms. The summed E-state index contributed by atoms with van der Waals surface area (Å²) in [6.45, 7) is 3.26. The number of methoxy groups -OCH3 is 1. The number of para-hydroxylation sites is 1. The van der Waals surface area contributed by atoms with Gasteiger partial charge in [0, 0.05) is 54.6 Å². The molecule has 0 saturated carbocycles. The Kier molecular flexibility index (Phi) is 7.99. The van der Waals surface area contributed by atoms with E-state index in [0.29, 0.717) is 35.4 Å². The molecule has 3 heterocycles. The van der Waals surface area contributed by atoms with Crippen molar-refractivity contribution in [1.29, 1.82) is 0 Å². The molecular formula is C28H25BrF3N5O2. The van der Waals surface area contributed by atoms with Crippen LogP contribution in [0.2, 0.25) is 0 Å². The molecule has 3 aromatic rings. The zero-order chi connectivity index (χ0) is 27.5. The first-order valence-corrected chi connectivity index (χ1v) is 13.1. The Labute approximate surface area is 232 Å². The molecule has 1 unspecified atom stereocenters. The molecule has 0 aliphatic carbocycles. The highest BCUT2D eigenvalue weighted by molar-refractivity contribution is 9.10. The van der Waals surface area contributed by atoms with Gasteiger partial charge >= 0.3 is 5.97 Å². The van der Waals surface area contributed by atoms with Gasteiger partial charge < -0.3 is 15.0 Å². The van der Waals surface area contributed by atoms with Crippen LogP contribution in [-0.2, 0) is 9.53 Å². The smallest absolute Gasteiger partial charge is 0.338 e. The van der Waals surface area contributed by atoms with Crippen molar-refractivity contribution in [3.8, 4) is 0 Å². The standard InChI is InChI=1S/C28H25BrF3N5O2/c1-39-28(38)24-23(16-36-9-11-37(12-10-36)19-5-3-2-4-6-19)34-27(26-22(32)14-18(31)15-33-26)35-25(24)20-8-7-17(30)13-21(20)29/h2-8,13-15,25H,9-12,16H2,1H3,(H,34,35). The highest BCUT2D eigenvalue weighted by Gasteiger charge is 2.35. The van der Waals surface area contributed by atoms with E-state index in [1.54, 1.807) is 0 Å². The number of aliphatic imine (C=N–C) groups is 1. The SMILES string of the molecule is COC(=O)C1=C(CN2CCN(c3ccccc3)CC2)NC(c2ncc(F)cc2F)=NC1c1ccc(F)cc1Br. The second kappa shape index (κ2) is 11.6. The summed E-state index contributed by atoms with van der Waals surface area (Å²) in [6.07, 6.45) is 0.896. The fourth-order valence-corrected chi connectivity index (χ4v) is 5.32. The van der Waals surface area contributed by atoms with Crippen LogP contribution in [0.25, 0.3) is 0 Å². The molecule has 1 N–H and O–H groups in total. The predicted octanol–water partition coefficient (Wildman–Crippen LogP) is 4.60. The number of hydrogen-bond acceptors (Lipinski definition) is 7. The summed E-state index contributed by atoms with van der Waals surface area (Å²) in [5, 5.41) is 3.08. The van der Waals surface area contributed by atoms with Crippen molar-refractivity contribution in [1.82, 2.24) is 15.2 Å². The van der Waals surface area contributed by atoms with E-state index in [2.05, 4.69) is 53.2 Å². The number of hydrogen-bond donors (Lipinski definition) is 1. The number of amidine groups is 1. The van der Waals surface area contributed by atoms with E-state index in [-0.39, 0.29) is 17.1 Å². The highest BCUT2D eigenvalue weighted by atomic mass is 79.9. The summed E-state index contributed by atoms with van der Waals surface area (Å²) in [6, 6.07) is 13.9. The largest absolute Gasteiger partial charge is 0.466 e. The summed E-state index contributed by atoms with van der Waals surface area (Å²) in [4.78, 5) is 26.1. The van der Waals surface area contributed by atoms with Crippen LogP contribution in [0.4, 0.5) is 18.9 Å². The average Bonchev–Trinajstić information content (AvgIpc) is 2.93. The summed E-state index contributed by atoms with van der Waals surface area (Å²) in [5.41, 5.74) is 2.07. The van der Waals surface area contributed by atoms with Crippen LogP contribution in [0.15, 0.2) is 81.5 Å². The van der Waals surface area contributed by atoms with E-state index < -0.39 is 29.5 Å². The topological polar surface area (TPSA) is 70.1 Å². The van der Waals surface area contributed by atoms with Crippen molar-refractivity contribution in [3.63, 3.8) is 0 Å². The van der Waals surface area contributed by atoms with Crippen LogP contribution in [0.3, 0.4) is 0 Å². The van der Waals surface area contributed by atoms with E-state index in [0.717, 1.165) is 31.0 Å². The molecule has 7 nitrogen and oxygen atoms in total. The maximum Gasteiger partial charge on any atom is 0.338 e. The van der Waals surface area contributed by atoms with Crippen molar-refractivity contribution in [2.24, 2.45) is 4.99 Å². The van der Waals surface area contributed by atoms with Crippen molar-refractivity contribution in [2.45, 2.75) is 6.04 Å². The molecule has 2 aliphatic heterocycles. The lowest BCUT2D eigenvalue weighted by atomic mass is 9.95. The predicted molar refractivity (Wildman–Crippen MR) is 145 cm³/mol. The third-order valence-corrected chi connectivity index (χ3v) is 7.38. The summed E-state index contributed by atoms with van der Waals surface area (Å²) < 4.78 is 47.8. The molecule has 1 atom stereocenters. The maximum atomic E-state index is 14.8. The summed E-state index contributed by atoms with van der Waals surface area (Å²) in [7, 11) is 1.27. The van der Waals surface area contributed by atoms with Crippen LogP contribution < -0.4 is 10.2 Å². The highest BCUT2D eigenvalue weighted by Crippen LogP contribution is 2.37. The Balaban J connectivity index is 1.51. The molecule has 1 fully saturated rings. The first-order chi connectivity index (χ1) is 18.8. The van der Waals surface area contributed by atoms with Crippen LogP contribution in [0.5, 0.6) is 0 Å². The Morgan fingerprint density at radius 3 is 2.46 bits per heavy atom. The van der Waals surface area contributed by atoms with Crippen molar-refractivity contribution < 1.29 is 22.7 Å². The number of piperazine rings is 1. The van der Waals surface area contributed by atoms with Gasteiger partial charge in [-0.1, -0.05) is 40.2 Å². The lowest BCUT2D eigenvalue weighted by Gasteiger charge is -2.37. The number of ether oxygens (including phenoxy) is 1. The third kappa shape index (κ3) is 5.84. The Morgan fingerprint density at radius 1 is 1.05 bits per heavy atom. The van der Waals surface area contributed by atoms with Gasteiger partial charge in [0.25, 0.3) is 0 Å². The third-order valence-electron chi connectivity index (χ3n) is 6.70. The minimum absolute atomic E-state index is 0.0271. The molecule has 39 heavy (non-hydrogen) atoms. The molecule has 5 rings (SSSR count). The number of pyridine rings is 1. The molecule has 0 radical (unpaired) electrons. The van der Waals surface area contributed by atoms with Gasteiger partial charge in [-0.2, -0.15) is 0 Å². The van der Waals surface area contributed by atoms with Crippen LogP contribution in [0.1, 0.15) is 17.3 Å². The average molecular weight is 600 g/mol. The van der Waals surface area contributed by atoms with Gasteiger partial charge in [-0.25, -0.2) is 22.9 Å². The monoisotopic (exact) mass is 599 g/mol. The first-order valence-electron chi connectivity index (χ1n) is 12.3. The lowest BCUT2D eigenvalue weighted by Crippen LogP contribution is -2.49. The number of nitrogens with zero attached hydrogens (tertiary/aromatic N) is 4. The molecule has 1 aromatic heterocycles. The molecule has 1 saturated heterocycles. The van der Waals surface area contributed by atoms with Gasteiger partial charge in [0.15, 0.2) is 11.7 Å².